The van der Waals surface area contributed by atoms with E-state index in [4.69, 9.17) is 22.1 Å². The number of nitrogen functional groups attached to an aromatic ring is 1. The average Bonchev–Trinajstić information content (AvgIpc) is 2.34. The van der Waals surface area contributed by atoms with E-state index in [1.54, 1.807) is 13.0 Å². The van der Waals surface area contributed by atoms with Crippen LogP contribution in [0, 0.1) is 0 Å². The Bertz CT molecular complexity index is 499. The molecular weight excluding hydrogens is 288 g/mol. The largest absolute Gasteiger partial charge is 0.398 e. The zero-order valence-electron chi connectivity index (χ0n) is 11.1. The van der Waals surface area contributed by atoms with Crippen LogP contribution in [-0.4, -0.2) is 39.0 Å². The van der Waals surface area contributed by atoms with Crippen molar-refractivity contribution in [3.8, 4) is 0 Å². The lowest BCUT2D eigenvalue weighted by atomic mass is 10.3. The molecule has 0 amide bonds. The van der Waals surface area contributed by atoms with Crippen molar-refractivity contribution in [3.63, 3.8) is 0 Å². The standard InChI is InChI=1S/C12H19ClN2O3S/c1-3-15(8-9-18-4-2)19(16,17)12-10(13)6-5-7-11(12)14/h5-7H,3-4,8-9,14H2,1-2H3. The van der Waals surface area contributed by atoms with E-state index in [0.29, 0.717) is 19.8 Å². The van der Waals surface area contributed by atoms with Gasteiger partial charge < -0.3 is 10.5 Å². The topological polar surface area (TPSA) is 72.6 Å². The second-order valence-electron chi connectivity index (χ2n) is 3.85. The fourth-order valence-electron chi connectivity index (χ4n) is 1.69. The van der Waals surface area contributed by atoms with Crippen molar-refractivity contribution in [1.82, 2.24) is 4.31 Å². The molecule has 2 N–H and O–H groups in total. The fourth-order valence-corrected chi connectivity index (χ4v) is 3.75. The molecule has 5 nitrogen and oxygen atoms in total. The van der Waals surface area contributed by atoms with Crippen LogP contribution in [0.25, 0.3) is 0 Å². The number of sulfonamides is 1. The van der Waals surface area contributed by atoms with Gasteiger partial charge in [-0.25, -0.2) is 8.42 Å². The Morgan fingerprint density at radius 3 is 2.58 bits per heavy atom. The molecule has 0 unspecified atom stereocenters. The van der Waals surface area contributed by atoms with Crippen LogP contribution in [0.15, 0.2) is 23.1 Å². The van der Waals surface area contributed by atoms with Gasteiger partial charge in [0, 0.05) is 19.7 Å². The first kappa shape index (κ1) is 16.2. The number of nitrogens with zero attached hydrogens (tertiary/aromatic N) is 1. The number of rotatable bonds is 7. The highest BCUT2D eigenvalue weighted by atomic mass is 35.5. The molecule has 0 fully saturated rings. The van der Waals surface area contributed by atoms with Gasteiger partial charge in [0.25, 0.3) is 0 Å². The van der Waals surface area contributed by atoms with Crippen LogP contribution in [0.5, 0.6) is 0 Å². The molecule has 1 aromatic rings. The Hall–Kier alpha value is -0.820. The van der Waals surface area contributed by atoms with Crippen LogP contribution in [0.4, 0.5) is 5.69 Å². The van der Waals surface area contributed by atoms with Gasteiger partial charge >= 0.3 is 0 Å². The zero-order chi connectivity index (χ0) is 14.5. The molecule has 0 atom stereocenters. The van der Waals surface area contributed by atoms with E-state index >= 15 is 0 Å². The number of hydrogen-bond donors (Lipinski definition) is 1. The van der Waals surface area contributed by atoms with Gasteiger partial charge in [0.15, 0.2) is 0 Å². The number of hydrogen-bond acceptors (Lipinski definition) is 4. The molecule has 0 saturated heterocycles. The van der Waals surface area contributed by atoms with E-state index in [-0.39, 0.29) is 22.2 Å². The normalized spacial score (nSPS) is 12.0. The quantitative estimate of drug-likeness (QED) is 0.617. The summed E-state index contributed by atoms with van der Waals surface area (Å²) in [5.74, 6) is 0. The van der Waals surface area contributed by atoms with E-state index in [9.17, 15) is 8.42 Å². The summed E-state index contributed by atoms with van der Waals surface area (Å²) in [7, 11) is -3.70. The minimum atomic E-state index is -3.70. The molecule has 0 aromatic heterocycles. The highest BCUT2D eigenvalue weighted by Gasteiger charge is 2.27. The minimum absolute atomic E-state index is 0.0324. The maximum absolute atomic E-state index is 12.5. The molecule has 0 heterocycles. The third kappa shape index (κ3) is 3.82. The third-order valence-corrected chi connectivity index (χ3v) is 5.16. The van der Waals surface area contributed by atoms with Gasteiger partial charge in [-0.15, -0.1) is 0 Å². The lowest BCUT2D eigenvalue weighted by Crippen LogP contribution is -2.34. The second kappa shape index (κ2) is 7.09. The van der Waals surface area contributed by atoms with Crippen LogP contribution in [0.2, 0.25) is 5.02 Å². The SMILES string of the molecule is CCOCCN(CC)S(=O)(=O)c1c(N)cccc1Cl. The highest BCUT2D eigenvalue weighted by molar-refractivity contribution is 7.89. The van der Waals surface area contributed by atoms with Crippen molar-refractivity contribution in [2.45, 2.75) is 18.7 Å². The van der Waals surface area contributed by atoms with E-state index in [1.165, 1.54) is 16.4 Å². The predicted octanol–water partition coefficient (Wildman–Crippen LogP) is 1.97. The van der Waals surface area contributed by atoms with E-state index in [2.05, 4.69) is 0 Å². The summed E-state index contributed by atoms with van der Waals surface area (Å²) >= 11 is 5.96. The van der Waals surface area contributed by atoms with Gasteiger partial charge in [0.1, 0.15) is 4.90 Å². The molecule has 7 heteroatoms. The van der Waals surface area contributed by atoms with Gasteiger partial charge in [-0.05, 0) is 19.1 Å². The monoisotopic (exact) mass is 306 g/mol. The first-order valence-electron chi connectivity index (χ1n) is 6.07. The smallest absolute Gasteiger partial charge is 0.246 e. The molecule has 0 aliphatic rings. The first-order chi connectivity index (χ1) is 8.95. The highest BCUT2D eigenvalue weighted by Crippen LogP contribution is 2.29. The summed E-state index contributed by atoms with van der Waals surface area (Å²) in [5, 5.41) is 0.134. The maximum Gasteiger partial charge on any atom is 0.246 e. The van der Waals surface area contributed by atoms with Gasteiger partial charge in [-0.1, -0.05) is 24.6 Å². The Morgan fingerprint density at radius 1 is 1.37 bits per heavy atom. The first-order valence-corrected chi connectivity index (χ1v) is 7.88. The molecule has 0 aliphatic carbocycles. The molecular formula is C12H19ClN2O3S. The van der Waals surface area contributed by atoms with Gasteiger partial charge in [0.2, 0.25) is 10.0 Å². The Labute approximate surface area is 119 Å². The number of likely N-dealkylation sites (N-methyl/N-ethyl adjacent to an activating group) is 1. The van der Waals surface area contributed by atoms with Crippen molar-refractivity contribution in [1.29, 1.82) is 0 Å². The second-order valence-corrected chi connectivity index (χ2v) is 6.13. The molecule has 0 radical (unpaired) electrons. The lowest BCUT2D eigenvalue weighted by Gasteiger charge is -2.21. The Kier molecular flexibility index (Phi) is 6.06. The number of nitrogens with two attached hydrogens (primary N) is 1. The summed E-state index contributed by atoms with van der Waals surface area (Å²) in [6.07, 6.45) is 0. The molecule has 0 bridgehead atoms. The van der Waals surface area contributed by atoms with Crippen molar-refractivity contribution in [2.75, 3.05) is 32.0 Å². The molecule has 1 aromatic carbocycles. The molecule has 0 spiro atoms. The van der Waals surface area contributed by atoms with Crippen molar-refractivity contribution < 1.29 is 13.2 Å². The number of ether oxygens (including phenoxy) is 1. The predicted molar refractivity (Wildman–Crippen MR) is 76.8 cm³/mol. The zero-order valence-corrected chi connectivity index (χ0v) is 12.7. The maximum atomic E-state index is 12.5. The van der Waals surface area contributed by atoms with Crippen molar-refractivity contribution in [2.24, 2.45) is 0 Å². The van der Waals surface area contributed by atoms with E-state index < -0.39 is 10.0 Å². The van der Waals surface area contributed by atoms with Crippen LogP contribution in [0.1, 0.15) is 13.8 Å². The summed E-state index contributed by atoms with van der Waals surface area (Å²) < 4.78 is 31.5. The molecule has 0 aliphatic heterocycles. The van der Waals surface area contributed by atoms with Crippen LogP contribution >= 0.6 is 11.6 Å². The van der Waals surface area contributed by atoms with Crippen molar-refractivity contribution >= 4 is 27.3 Å². The van der Waals surface area contributed by atoms with Crippen LogP contribution in [0.3, 0.4) is 0 Å². The summed E-state index contributed by atoms with van der Waals surface area (Å²) in [5.41, 5.74) is 5.89. The third-order valence-electron chi connectivity index (χ3n) is 2.64. The summed E-state index contributed by atoms with van der Waals surface area (Å²) in [4.78, 5) is -0.0324. The van der Waals surface area contributed by atoms with E-state index in [0.717, 1.165) is 0 Å². The lowest BCUT2D eigenvalue weighted by molar-refractivity contribution is 0.135. The van der Waals surface area contributed by atoms with Crippen LogP contribution < -0.4 is 5.73 Å². The van der Waals surface area contributed by atoms with Crippen molar-refractivity contribution in [3.05, 3.63) is 23.2 Å². The Morgan fingerprint density at radius 2 is 2.05 bits per heavy atom. The molecule has 0 saturated carbocycles. The van der Waals surface area contributed by atoms with Gasteiger partial charge in [-0.2, -0.15) is 4.31 Å². The summed E-state index contributed by atoms with van der Waals surface area (Å²) in [6.45, 7) is 5.12. The van der Waals surface area contributed by atoms with E-state index in [1.807, 2.05) is 6.92 Å². The fraction of sp³-hybridized carbons (Fsp3) is 0.500. The average molecular weight is 307 g/mol. The number of benzene rings is 1. The molecule has 19 heavy (non-hydrogen) atoms. The van der Waals surface area contributed by atoms with Gasteiger partial charge in [-0.3, -0.25) is 0 Å². The Balaban J connectivity index is 3.07. The molecule has 108 valence electrons. The minimum Gasteiger partial charge on any atom is -0.398 e. The molecule has 1 rings (SSSR count). The van der Waals surface area contributed by atoms with Gasteiger partial charge in [0.05, 0.1) is 17.3 Å². The van der Waals surface area contributed by atoms with Crippen LogP contribution in [-0.2, 0) is 14.8 Å². The summed E-state index contributed by atoms with van der Waals surface area (Å²) in [6, 6.07) is 4.66. The number of halogens is 1. The number of anilines is 1.